The molecule has 8 heteroatoms. The Kier molecular flexibility index (Phi) is 3.19. The number of fused-ring (bicyclic) bond motifs is 1. The van der Waals surface area contributed by atoms with Crippen molar-refractivity contribution in [1.82, 2.24) is 9.29 Å². The molecule has 94 valence electrons. The summed E-state index contributed by atoms with van der Waals surface area (Å²) in [5, 5.41) is 3.16. The number of carbonyl (C=O) groups excluding carboxylic acids is 1. The summed E-state index contributed by atoms with van der Waals surface area (Å²) in [6.45, 7) is 2.23. The van der Waals surface area contributed by atoms with Gasteiger partial charge in [-0.15, -0.1) is 11.3 Å². The van der Waals surface area contributed by atoms with Crippen molar-refractivity contribution in [2.24, 2.45) is 0 Å². The molecule has 2 rings (SSSR count). The topological polar surface area (TPSA) is 79.4 Å². The molecule has 0 atom stereocenters. The summed E-state index contributed by atoms with van der Waals surface area (Å²) in [6, 6.07) is 0. The summed E-state index contributed by atoms with van der Waals surface area (Å²) < 4.78 is 24.3. The molecule has 6 nitrogen and oxygen atoms in total. The Hall–Kier alpha value is -0.990. The smallest absolute Gasteiger partial charge is 0.223 e. The van der Waals surface area contributed by atoms with Gasteiger partial charge in [0.1, 0.15) is 0 Å². The van der Waals surface area contributed by atoms with Crippen molar-refractivity contribution in [3.05, 3.63) is 10.6 Å². The zero-order valence-corrected chi connectivity index (χ0v) is 11.2. The molecule has 1 aliphatic rings. The monoisotopic (exact) mass is 275 g/mol. The van der Waals surface area contributed by atoms with Crippen LogP contribution in [0.3, 0.4) is 0 Å². The lowest BCUT2D eigenvalue weighted by molar-refractivity contribution is -0.114. The van der Waals surface area contributed by atoms with E-state index in [4.69, 9.17) is 0 Å². The van der Waals surface area contributed by atoms with Crippen LogP contribution in [0.1, 0.15) is 17.5 Å². The number of hydrogen-bond acceptors (Lipinski definition) is 5. The van der Waals surface area contributed by atoms with E-state index in [-0.39, 0.29) is 5.91 Å². The van der Waals surface area contributed by atoms with Crippen molar-refractivity contribution >= 4 is 32.4 Å². The molecular weight excluding hydrogens is 262 g/mol. The Morgan fingerprint density at radius 2 is 2.24 bits per heavy atom. The van der Waals surface area contributed by atoms with Gasteiger partial charge in [-0.3, -0.25) is 4.79 Å². The number of amides is 1. The first-order valence-corrected chi connectivity index (χ1v) is 7.74. The molecule has 2 heterocycles. The molecule has 0 bridgehead atoms. The van der Waals surface area contributed by atoms with E-state index in [1.54, 1.807) is 0 Å². The Morgan fingerprint density at radius 1 is 1.53 bits per heavy atom. The second kappa shape index (κ2) is 4.35. The van der Waals surface area contributed by atoms with Gasteiger partial charge in [-0.2, -0.15) is 4.31 Å². The number of nitrogens with one attached hydrogen (secondary N) is 1. The zero-order valence-electron chi connectivity index (χ0n) is 9.56. The molecule has 0 saturated heterocycles. The van der Waals surface area contributed by atoms with Crippen LogP contribution in [0.2, 0.25) is 0 Å². The third-order valence-corrected chi connectivity index (χ3v) is 4.70. The molecule has 0 unspecified atom stereocenters. The number of rotatable bonds is 2. The van der Waals surface area contributed by atoms with Crippen molar-refractivity contribution in [2.75, 3.05) is 18.1 Å². The van der Waals surface area contributed by atoms with E-state index in [2.05, 4.69) is 10.3 Å². The Balaban J connectivity index is 2.21. The standard InChI is InChI=1S/C9H13N3O3S2/c1-6(13)10-9-11-7-3-4-12(17(2,14)15)5-8(7)16-9/h3-5H2,1-2H3,(H,10,11,13). The third kappa shape index (κ3) is 2.82. The molecule has 1 N–H and O–H groups in total. The van der Waals surface area contributed by atoms with E-state index in [1.807, 2.05) is 0 Å². The van der Waals surface area contributed by atoms with E-state index < -0.39 is 10.0 Å². The minimum Gasteiger partial charge on any atom is -0.302 e. The maximum absolute atomic E-state index is 11.4. The first kappa shape index (κ1) is 12.5. The minimum atomic E-state index is -3.16. The fourth-order valence-corrected chi connectivity index (χ4v) is 3.60. The van der Waals surface area contributed by atoms with E-state index >= 15 is 0 Å². The van der Waals surface area contributed by atoms with Crippen LogP contribution in [0.4, 0.5) is 5.13 Å². The Labute approximate surface area is 104 Å². The summed E-state index contributed by atoms with van der Waals surface area (Å²) in [6.07, 6.45) is 1.80. The fourth-order valence-electron chi connectivity index (χ4n) is 1.66. The normalized spacial score (nSPS) is 16.6. The highest BCUT2D eigenvalue weighted by Crippen LogP contribution is 2.29. The predicted molar refractivity (Wildman–Crippen MR) is 65.4 cm³/mol. The number of thiazole rings is 1. The highest BCUT2D eigenvalue weighted by atomic mass is 32.2. The van der Waals surface area contributed by atoms with E-state index in [1.165, 1.54) is 28.8 Å². The second-order valence-corrected chi connectivity index (χ2v) is 6.98. The molecule has 1 aliphatic heterocycles. The molecule has 1 amide bonds. The van der Waals surface area contributed by atoms with Crippen molar-refractivity contribution in [3.8, 4) is 0 Å². The zero-order chi connectivity index (χ0) is 12.6. The summed E-state index contributed by atoms with van der Waals surface area (Å²) in [7, 11) is -3.16. The van der Waals surface area contributed by atoms with Gasteiger partial charge in [0.05, 0.1) is 11.9 Å². The van der Waals surface area contributed by atoms with Crippen LogP contribution in [-0.4, -0.2) is 36.4 Å². The number of nitrogens with zero attached hydrogens (tertiary/aromatic N) is 2. The third-order valence-electron chi connectivity index (χ3n) is 2.45. The van der Waals surface area contributed by atoms with Crippen molar-refractivity contribution < 1.29 is 13.2 Å². The summed E-state index contributed by atoms with van der Waals surface area (Å²) in [4.78, 5) is 16.1. The average molecular weight is 275 g/mol. The average Bonchev–Trinajstić information content (AvgIpc) is 2.55. The SMILES string of the molecule is CC(=O)Nc1nc2c(s1)CN(S(C)(=O)=O)CC2. The summed E-state index contributed by atoms with van der Waals surface area (Å²) in [5.74, 6) is -0.170. The van der Waals surface area contributed by atoms with Gasteiger partial charge in [-0.05, 0) is 0 Å². The Bertz CT molecular complexity index is 550. The largest absolute Gasteiger partial charge is 0.302 e. The van der Waals surface area contributed by atoms with Crippen molar-refractivity contribution in [1.29, 1.82) is 0 Å². The Morgan fingerprint density at radius 3 is 2.82 bits per heavy atom. The first-order valence-electron chi connectivity index (χ1n) is 5.07. The van der Waals surface area contributed by atoms with Gasteiger partial charge < -0.3 is 5.32 Å². The summed E-state index contributed by atoms with van der Waals surface area (Å²) >= 11 is 1.33. The van der Waals surface area contributed by atoms with Crippen LogP contribution in [0.5, 0.6) is 0 Å². The number of sulfonamides is 1. The van der Waals surface area contributed by atoms with E-state index in [0.29, 0.717) is 24.6 Å². The number of hydrogen-bond donors (Lipinski definition) is 1. The van der Waals surface area contributed by atoms with Crippen LogP contribution in [0.25, 0.3) is 0 Å². The number of aromatic nitrogens is 1. The molecular formula is C9H13N3O3S2. The lowest BCUT2D eigenvalue weighted by Crippen LogP contribution is -2.34. The van der Waals surface area contributed by atoms with Crippen molar-refractivity contribution in [2.45, 2.75) is 19.9 Å². The highest BCUT2D eigenvalue weighted by molar-refractivity contribution is 7.88. The van der Waals surface area contributed by atoms with Gasteiger partial charge >= 0.3 is 0 Å². The number of carbonyl (C=O) groups is 1. The van der Waals surface area contributed by atoms with Gasteiger partial charge in [0.15, 0.2) is 5.13 Å². The first-order chi connectivity index (χ1) is 7.86. The van der Waals surface area contributed by atoms with E-state index in [9.17, 15) is 13.2 Å². The highest BCUT2D eigenvalue weighted by Gasteiger charge is 2.26. The minimum absolute atomic E-state index is 0.170. The maximum Gasteiger partial charge on any atom is 0.223 e. The molecule has 0 aliphatic carbocycles. The fraction of sp³-hybridized carbons (Fsp3) is 0.556. The van der Waals surface area contributed by atoms with Crippen LogP contribution in [0, 0.1) is 0 Å². The lowest BCUT2D eigenvalue weighted by Gasteiger charge is -2.23. The second-order valence-electron chi connectivity index (χ2n) is 3.92. The molecule has 0 radical (unpaired) electrons. The lowest BCUT2D eigenvalue weighted by atomic mass is 10.2. The molecule has 0 saturated carbocycles. The maximum atomic E-state index is 11.4. The van der Waals surface area contributed by atoms with Crippen molar-refractivity contribution in [3.63, 3.8) is 0 Å². The van der Waals surface area contributed by atoms with Crippen LogP contribution < -0.4 is 5.32 Å². The van der Waals surface area contributed by atoms with Gasteiger partial charge in [0, 0.05) is 31.3 Å². The molecule has 1 aromatic rings. The van der Waals surface area contributed by atoms with Gasteiger partial charge in [0.2, 0.25) is 15.9 Å². The van der Waals surface area contributed by atoms with Gasteiger partial charge in [0.25, 0.3) is 0 Å². The molecule has 1 aromatic heterocycles. The molecule has 0 fully saturated rings. The molecule has 0 aromatic carbocycles. The van der Waals surface area contributed by atoms with Crippen LogP contribution in [0.15, 0.2) is 0 Å². The quantitative estimate of drug-likeness (QED) is 0.848. The predicted octanol–water partition coefficient (Wildman–Crippen LogP) is 0.419. The molecule has 17 heavy (non-hydrogen) atoms. The number of anilines is 1. The van der Waals surface area contributed by atoms with Gasteiger partial charge in [-0.25, -0.2) is 13.4 Å². The van der Waals surface area contributed by atoms with Crippen LogP contribution >= 0.6 is 11.3 Å². The van der Waals surface area contributed by atoms with Gasteiger partial charge in [-0.1, -0.05) is 0 Å². The molecule has 0 spiro atoms. The van der Waals surface area contributed by atoms with Crippen LogP contribution in [-0.2, 0) is 27.8 Å². The summed E-state index contributed by atoms with van der Waals surface area (Å²) in [5.41, 5.74) is 0.888. The van der Waals surface area contributed by atoms with E-state index in [0.717, 1.165) is 10.6 Å².